The normalized spacial score (nSPS) is 14.3. The number of hydrogen-bond acceptors (Lipinski definition) is 2. The lowest BCUT2D eigenvalue weighted by Gasteiger charge is -2.15. The van der Waals surface area contributed by atoms with Crippen LogP contribution >= 0.6 is 0 Å². The molecule has 1 atom stereocenters. The Hall–Kier alpha value is -5.74. The summed E-state index contributed by atoms with van der Waals surface area (Å²) in [6.07, 6.45) is 15.2. The minimum Gasteiger partial charge on any atom is -0.308 e. The molecule has 226 valence electrons. The molecule has 0 amide bonds. The van der Waals surface area contributed by atoms with Crippen LogP contribution in [0.5, 0.6) is 0 Å². The SMILES string of the molecule is CC1C=Cc2c(c3ccncc3n2-c2ccc(Cc3ccc(Cc4ccc(-n5c6ccccc6c6ccncc65)cc4)cc3)cc2)C1. The molecule has 0 fully saturated rings. The maximum absolute atomic E-state index is 4.45. The molecule has 9 rings (SSSR count). The molecule has 0 spiro atoms. The highest BCUT2D eigenvalue weighted by atomic mass is 15.0. The number of aromatic nitrogens is 4. The Morgan fingerprint density at radius 3 is 1.70 bits per heavy atom. The Bertz CT molecular complexity index is 2370. The number of hydrogen-bond donors (Lipinski definition) is 0. The van der Waals surface area contributed by atoms with Crippen molar-refractivity contribution in [1.29, 1.82) is 0 Å². The maximum Gasteiger partial charge on any atom is 0.0724 e. The Kier molecular flexibility index (Phi) is 6.60. The fourth-order valence-corrected chi connectivity index (χ4v) is 7.40. The van der Waals surface area contributed by atoms with Crippen LogP contribution in [0.2, 0.25) is 0 Å². The summed E-state index contributed by atoms with van der Waals surface area (Å²) in [7, 11) is 0. The van der Waals surface area contributed by atoms with E-state index in [0.29, 0.717) is 5.92 Å². The third-order valence-corrected chi connectivity index (χ3v) is 9.73. The van der Waals surface area contributed by atoms with E-state index in [2.05, 4.69) is 147 Å². The Morgan fingerprint density at radius 2 is 1.06 bits per heavy atom. The lowest BCUT2D eigenvalue weighted by atomic mass is 9.93. The van der Waals surface area contributed by atoms with Crippen LogP contribution in [0.4, 0.5) is 0 Å². The number of pyridine rings is 2. The van der Waals surface area contributed by atoms with Gasteiger partial charge in [0.25, 0.3) is 0 Å². The molecule has 4 aromatic heterocycles. The Morgan fingerprint density at radius 1 is 0.553 bits per heavy atom. The van der Waals surface area contributed by atoms with E-state index in [-0.39, 0.29) is 0 Å². The lowest BCUT2D eigenvalue weighted by molar-refractivity contribution is 0.718. The summed E-state index contributed by atoms with van der Waals surface area (Å²) in [6, 6.07) is 39.9. The Balaban J connectivity index is 0.914. The zero-order valence-electron chi connectivity index (χ0n) is 26.3. The molecule has 4 heterocycles. The van der Waals surface area contributed by atoms with E-state index in [9.17, 15) is 0 Å². The molecular weight excluding hydrogens is 573 g/mol. The summed E-state index contributed by atoms with van der Waals surface area (Å²) in [5.74, 6) is 0.555. The monoisotopic (exact) mass is 606 g/mol. The number of allylic oxidation sites excluding steroid dienone is 1. The van der Waals surface area contributed by atoms with Crippen molar-refractivity contribution in [2.45, 2.75) is 26.2 Å². The average Bonchev–Trinajstić information content (AvgIpc) is 3.63. The first-order chi connectivity index (χ1) is 23.2. The fourth-order valence-electron chi connectivity index (χ4n) is 7.40. The predicted molar refractivity (Wildman–Crippen MR) is 194 cm³/mol. The minimum absolute atomic E-state index is 0.555. The first-order valence-electron chi connectivity index (χ1n) is 16.4. The van der Waals surface area contributed by atoms with Gasteiger partial charge in [-0.3, -0.25) is 9.97 Å². The fraction of sp³-hybridized carbons (Fsp3) is 0.116. The van der Waals surface area contributed by atoms with Crippen LogP contribution in [-0.2, 0) is 19.3 Å². The largest absolute Gasteiger partial charge is 0.308 e. The zero-order valence-corrected chi connectivity index (χ0v) is 26.3. The van der Waals surface area contributed by atoms with Crippen LogP contribution in [0.3, 0.4) is 0 Å². The number of para-hydroxylation sites is 1. The second kappa shape index (κ2) is 11.3. The Labute approximate surface area is 274 Å². The number of fused-ring (bicyclic) bond motifs is 6. The highest BCUT2D eigenvalue weighted by Crippen LogP contribution is 2.35. The summed E-state index contributed by atoms with van der Waals surface area (Å²) in [6.45, 7) is 2.29. The molecule has 1 aliphatic carbocycles. The third-order valence-electron chi connectivity index (χ3n) is 9.73. The maximum atomic E-state index is 4.45. The first kappa shape index (κ1) is 27.6. The number of nitrogens with zero attached hydrogens (tertiary/aromatic N) is 4. The summed E-state index contributed by atoms with van der Waals surface area (Å²) in [5.41, 5.74) is 13.8. The molecule has 0 N–H and O–H groups in total. The quantitative estimate of drug-likeness (QED) is 0.189. The zero-order chi connectivity index (χ0) is 31.3. The lowest BCUT2D eigenvalue weighted by Crippen LogP contribution is -2.05. The molecular formula is C43H34N4. The topological polar surface area (TPSA) is 35.6 Å². The predicted octanol–water partition coefficient (Wildman–Crippen LogP) is 9.90. The van der Waals surface area contributed by atoms with Crippen molar-refractivity contribution in [3.05, 3.63) is 174 Å². The van der Waals surface area contributed by atoms with Gasteiger partial charge in [0.05, 0.1) is 28.9 Å². The average molecular weight is 607 g/mol. The van der Waals surface area contributed by atoms with Crippen molar-refractivity contribution in [3.8, 4) is 11.4 Å². The van der Waals surface area contributed by atoms with Gasteiger partial charge >= 0.3 is 0 Å². The van der Waals surface area contributed by atoms with E-state index < -0.39 is 0 Å². The standard InChI is InChI=1S/C43H34N4/c1-29-6-19-41-39(24-29)38-21-23-45-28-43(38)47(41)35-17-13-33(14-18-35)26-31-9-7-30(8-10-31)25-32-11-15-34(16-12-32)46-40-5-3-2-4-36(40)37-20-22-44-27-42(37)46/h2-23,27-29H,24-26H2,1H3. The van der Waals surface area contributed by atoms with Crippen molar-refractivity contribution in [1.82, 2.24) is 19.1 Å². The highest BCUT2D eigenvalue weighted by molar-refractivity contribution is 6.08. The van der Waals surface area contributed by atoms with Crippen LogP contribution in [0.1, 0.15) is 40.4 Å². The van der Waals surface area contributed by atoms with Crippen LogP contribution in [-0.4, -0.2) is 19.1 Å². The number of rotatable bonds is 6. The molecule has 8 aromatic rings. The van der Waals surface area contributed by atoms with Crippen LogP contribution < -0.4 is 0 Å². The summed E-state index contributed by atoms with van der Waals surface area (Å²) in [5, 5.41) is 3.79. The third kappa shape index (κ3) is 4.85. The van der Waals surface area contributed by atoms with E-state index in [1.807, 2.05) is 24.8 Å². The van der Waals surface area contributed by atoms with Gasteiger partial charge in [0.2, 0.25) is 0 Å². The second-order valence-electron chi connectivity index (χ2n) is 12.9. The van der Waals surface area contributed by atoms with Gasteiger partial charge in [0, 0.05) is 45.6 Å². The molecule has 0 bridgehead atoms. The molecule has 0 aliphatic heterocycles. The van der Waals surface area contributed by atoms with E-state index in [4.69, 9.17) is 0 Å². The van der Waals surface area contributed by atoms with Gasteiger partial charge in [-0.15, -0.1) is 0 Å². The van der Waals surface area contributed by atoms with E-state index >= 15 is 0 Å². The van der Waals surface area contributed by atoms with Crippen molar-refractivity contribution >= 4 is 38.8 Å². The summed E-state index contributed by atoms with van der Waals surface area (Å²) < 4.78 is 4.68. The van der Waals surface area contributed by atoms with E-state index in [1.165, 1.54) is 66.4 Å². The van der Waals surface area contributed by atoms with Gasteiger partial charge < -0.3 is 9.13 Å². The molecule has 0 saturated heterocycles. The molecule has 4 nitrogen and oxygen atoms in total. The molecule has 4 heteroatoms. The van der Waals surface area contributed by atoms with Gasteiger partial charge in [-0.25, -0.2) is 0 Å². The van der Waals surface area contributed by atoms with Gasteiger partial charge in [-0.1, -0.05) is 79.7 Å². The molecule has 0 radical (unpaired) electrons. The van der Waals surface area contributed by atoms with Crippen LogP contribution in [0, 0.1) is 5.92 Å². The van der Waals surface area contributed by atoms with Gasteiger partial charge in [-0.2, -0.15) is 0 Å². The van der Waals surface area contributed by atoms with Crippen LogP contribution in [0.25, 0.3) is 50.2 Å². The summed E-state index contributed by atoms with van der Waals surface area (Å²) in [4.78, 5) is 8.87. The second-order valence-corrected chi connectivity index (χ2v) is 12.9. The van der Waals surface area contributed by atoms with Gasteiger partial charge in [0.15, 0.2) is 0 Å². The highest BCUT2D eigenvalue weighted by Gasteiger charge is 2.21. The molecule has 47 heavy (non-hydrogen) atoms. The molecule has 4 aromatic carbocycles. The van der Waals surface area contributed by atoms with Gasteiger partial charge in [-0.05, 0) is 102 Å². The first-order valence-corrected chi connectivity index (χ1v) is 16.4. The molecule has 0 saturated carbocycles. The summed E-state index contributed by atoms with van der Waals surface area (Å²) >= 11 is 0. The van der Waals surface area contributed by atoms with E-state index in [0.717, 1.165) is 30.5 Å². The van der Waals surface area contributed by atoms with Crippen molar-refractivity contribution in [3.63, 3.8) is 0 Å². The van der Waals surface area contributed by atoms with Crippen molar-refractivity contribution in [2.24, 2.45) is 5.92 Å². The van der Waals surface area contributed by atoms with Gasteiger partial charge in [0.1, 0.15) is 0 Å². The van der Waals surface area contributed by atoms with Crippen molar-refractivity contribution in [2.75, 3.05) is 0 Å². The number of benzene rings is 4. The van der Waals surface area contributed by atoms with Crippen LogP contribution in [0.15, 0.2) is 140 Å². The van der Waals surface area contributed by atoms with E-state index in [1.54, 1.807) is 0 Å². The van der Waals surface area contributed by atoms with Crippen molar-refractivity contribution < 1.29 is 0 Å². The smallest absolute Gasteiger partial charge is 0.0724 e. The minimum atomic E-state index is 0.555. The molecule has 1 aliphatic rings. The molecule has 1 unspecified atom stereocenters.